The van der Waals surface area contributed by atoms with E-state index in [2.05, 4.69) is 0 Å². The Morgan fingerprint density at radius 3 is 2.18 bits per heavy atom. The SMILES string of the molecule is CN(CC1CCN(C(=O)OC(C)(C)C)CC1)S(=O)(=O)C1CC1. The van der Waals surface area contributed by atoms with Crippen molar-refractivity contribution >= 4 is 16.1 Å². The third-order valence-electron chi connectivity index (χ3n) is 4.16. The molecule has 22 heavy (non-hydrogen) atoms. The van der Waals surface area contributed by atoms with Crippen LogP contribution in [0, 0.1) is 5.92 Å². The maximum Gasteiger partial charge on any atom is 0.410 e. The summed E-state index contributed by atoms with van der Waals surface area (Å²) < 4.78 is 31.2. The molecule has 2 rings (SSSR count). The van der Waals surface area contributed by atoms with Crippen LogP contribution in [0.25, 0.3) is 0 Å². The standard InChI is InChI=1S/C15H28N2O4S/c1-15(2,3)21-14(18)17-9-7-12(8-10-17)11-16(4)22(19,20)13-5-6-13/h12-13H,5-11H2,1-4H3. The summed E-state index contributed by atoms with van der Waals surface area (Å²) in [7, 11) is -1.42. The molecule has 0 N–H and O–H groups in total. The van der Waals surface area contributed by atoms with Gasteiger partial charge in [0, 0.05) is 26.7 Å². The molecule has 0 aromatic carbocycles. The molecule has 1 aliphatic heterocycles. The van der Waals surface area contributed by atoms with Crippen molar-refractivity contribution in [2.75, 3.05) is 26.7 Å². The highest BCUT2D eigenvalue weighted by molar-refractivity contribution is 7.90. The highest BCUT2D eigenvalue weighted by Gasteiger charge is 2.39. The molecule has 0 radical (unpaired) electrons. The van der Waals surface area contributed by atoms with E-state index in [0.717, 1.165) is 25.7 Å². The molecule has 2 aliphatic rings. The van der Waals surface area contributed by atoms with Gasteiger partial charge in [-0.3, -0.25) is 0 Å². The zero-order valence-corrected chi connectivity index (χ0v) is 14.9. The fourth-order valence-electron chi connectivity index (χ4n) is 2.71. The quantitative estimate of drug-likeness (QED) is 0.790. The number of likely N-dealkylation sites (tertiary alicyclic amines) is 1. The lowest BCUT2D eigenvalue weighted by atomic mass is 9.97. The van der Waals surface area contributed by atoms with E-state index in [1.165, 1.54) is 4.31 Å². The molecule has 1 saturated heterocycles. The number of rotatable bonds is 4. The summed E-state index contributed by atoms with van der Waals surface area (Å²) in [5, 5.41) is -0.153. The Labute approximate surface area is 133 Å². The lowest BCUT2D eigenvalue weighted by Gasteiger charge is -2.34. The third kappa shape index (κ3) is 4.59. The smallest absolute Gasteiger partial charge is 0.410 e. The number of sulfonamides is 1. The van der Waals surface area contributed by atoms with Crippen LogP contribution in [0.3, 0.4) is 0 Å². The Kier molecular flexibility index (Phi) is 5.06. The predicted molar refractivity (Wildman–Crippen MR) is 85.1 cm³/mol. The Bertz CT molecular complexity index is 500. The number of piperidine rings is 1. The molecule has 0 bridgehead atoms. The first-order chi connectivity index (χ1) is 10.1. The highest BCUT2D eigenvalue weighted by atomic mass is 32.2. The number of ether oxygens (including phenoxy) is 1. The van der Waals surface area contributed by atoms with E-state index in [9.17, 15) is 13.2 Å². The van der Waals surface area contributed by atoms with Crippen molar-refractivity contribution in [1.29, 1.82) is 0 Å². The second-order valence-electron chi connectivity index (χ2n) is 7.44. The first-order valence-electron chi connectivity index (χ1n) is 8.02. The minimum Gasteiger partial charge on any atom is -0.444 e. The van der Waals surface area contributed by atoms with Crippen molar-refractivity contribution in [1.82, 2.24) is 9.21 Å². The first kappa shape index (κ1) is 17.5. The van der Waals surface area contributed by atoms with Crippen molar-refractivity contribution in [2.45, 2.75) is 57.3 Å². The van der Waals surface area contributed by atoms with Gasteiger partial charge in [0.1, 0.15) is 5.60 Å². The average Bonchev–Trinajstić information content (AvgIpc) is 3.21. The molecule has 0 aromatic rings. The van der Waals surface area contributed by atoms with Crippen LogP contribution in [-0.4, -0.2) is 61.2 Å². The van der Waals surface area contributed by atoms with Crippen molar-refractivity contribution < 1.29 is 17.9 Å². The fourth-order valence-corrected chi connectivity index (χ4v) is 4.37. The molecule has 0 atom stereocenters. The second kappa shape index (κ2) is 6.35. The summed E-state index contributed by atoms with van der Waals surface area (Å²) in [6, 6.07) is 0. The molecule has 1 amide bonds. The van der Waals surface area contributed by atoms with Gasteiger partial charge in [0.15, 0.2) is 0 Å². The van der Waals surface area contributed by atoms with Crippen molar-refractivity contribution in [3.05, 3.63) is 0 Å². The molecule has 2 fully saturated rings. The van der Waals surface area contributed by atoms with Crippen LogP contribution in [0.15, 0.2) is 0 Å². The summed E-state index contributed by atoms with van der Waals surface area (Å²) in [6.07, 6.45) is 2.96. The molecule has 1 heterocycles. The van der Waals surface area contributed by atoms with Crippen LogP contribution in [0.5, 0.6) is 0 Å². The normalized spacial score (nSPS) is 21.2. The number of carbonyl (C=O) groups excluding carboxylic acids is 1. The molecule has 0 unspecified atom stereocenters. The molecule has 1 saturated carbocycles. The van der Waals surface area contributed by atoms with Gasteiger partial charge in [-0.15, -0.1) is 0 Å². The van der Waals surface area contributed by atoms with Gasteiger partial charge in [-0.05, 0) is 52.4 Å². The van der Waals surface area contributed by atoms with Crippen LogP contribution in [0.2, 0.25) is 0 Å². The van der Waals surface area contributed by atoms with E-state index in [1.54, 1.807) is 11.9 Å². The lowest BCUT2D eigenvalue weighted by Crippen LogP contribution is -2.44. The summed E-state index contributed by atoms with van der Waals surface area (Å²) >= 11 is 0. The van der Waals surface area contributed by atoms with Crippen molar-refractivity contribution in [2.24, 2.45) is 5.92 Å². The zero-order valence-electron chi connectivity index (χ0n) is 14.0. The van der Waals surface area contributed by atoms with Crippen molar-refractivity contribution in [3.8, 4) is 0 Å². The molecule has 6 nitrogen and oxygen atoms in total. The first-order valence-corrected chi connectivity index (χ1v) is 9.53. The summed E-state index contributed by atoms with van der Waals surface area (Å²) in [5.41, 5.74) is -0.480. The number of carbonyl (C=O) groups is 1. The van der Waals surface area contributed by atoms with E-state index in [4.69, 9.17) is 4.74 Å². The number of hydrogen-bond acceptors (Lipinski definition) is 4. The average molecular weight is 332 g/mol. The van der Waals surface area contributed by atoms with Gasteiger partial charge in [-0.25, -0.2) is 17.5 Å². The van der Waals surface area contributed by atoms with E-state index in [0.29, 0.717) is 25.6 Å². The molecule has 1 aliphatic carbocycles. The Morgan fingerprint density at radius 2 is 1.73 bits per heavy atom. The van der Waals surface area contributed by atoms with Crippen LogP contribution in [0.1, 0.15) is 46.5 Å². The maximum absolute atomic E-state index is 12.1. The Balaban J connectivity index is 1.79. The van der Waals surface area contributed by atoms with Gasteiger partial charge in [0.2, 0.25) is 10.0 Å². The number of nitrogens with zero attached hydrogens (tertiary/aromatic N) is 2. The molecule has 0 aromatic heterocycles. The summed E-state index contributed by atoms with van der Waals surface area (Å²) in [6.45, 7) is 7.40. The zero-order chi connectivity index (χ0) is 16.5. The molecular weight excluding hydrogens is 304 g/mol. The number of hydrogen-bond donors (Lipinski definition) is 0. The van der Waals surface area contributed by atoms with Gasteiger partial charge in [0.05, 0.1) is 5.25 Å². The Morgan fingerprint density at radius 1 is 1.18 bits per heavy atom. The minimum atomic E-state index is -3.09. The molecule has 7 heteroatoms. The third-order valence-corrected chi connectivity index (χ3v) is 6.49. The second-order valence-corrected chi connectivity index (χ2v) is 9.76. The van der Waals surface area contributed by atoms with Gasteiger partial charge in [-0.2, -0.15) is 0 Å². The summed E-state index contributed by atoms with van der Waals surface area (Å²) in [5.74, 6) is 0.317. The van der Waals surface area contributed by atoms with Crippen LogP contribution < -0.4 is 0 Å². The minimum absolute atomic E-state index is 0.153. The van der Waals surface area contributed by atoms with E-state index < -0.39 is 15.6 Å². The van der Waals surface area contributed by atoms with Crippen molar-refractivity contribution in [3.63, 3.8) is 0 Å². The van der Waals surface area contributed by atoms with Crippen LogP contribution >= 0.6 is 0 Å². The van der Waals surface area contributed by atoms with Crippen LogP contribution in [-0.2, 0) is 14.8 Å². The maximum atomic E-state index is 12.1. The van der Waals surface area contributed by atoms with Gasteiger partial charge in [-0.1, -0.05) is 0 Å². The topological polar surface area (TPSA) is 66.9 Å². The largest absolute Gasteiger partial charge is 0.444 e. The Hall–Kier alpha value is -0.820. The van der Waals surface area contributed by atoms with E-state index in [-0.39, 0.29) is 11.3 Å². The van der Waals surface area contributed by atoms with Gasteiger partial charge < -0.3 is 9.64 Å². The monoisotopic (exact) mass is 332 g/mol. The molecular formula is C15H28N2O4S. The van der Waals surface area contributed by atoms with E-state index >= 15 is 0 Å². The highest BCUT2D eigenvalue weighted by Crippen LogP contribution is 2.31. The lowest BCUT2D eigenvalue weighted by molar-refractivity contribution is 0.0179. The van der Waals surface area contributed by atoms with Crippen LogP contribution in [0.4, 0.5) is 4.79 Å². The fraction of sp³-hybridized carbons (Fsp3) is 0.933. The summed E-state index contributed by atoms with van der Waals surface area (Å²) in [4.78, 5) is 13.7. The van der Waals surface area contributed by atoms with E-state index in [1.807, 2.05) is 20.8 Å². The molecule has 0 spiro atoms. The van der Waals surface area contributed by atoms with Gasteiger partial charge >= 0.3 is 6.09 Å². The van der Waals surface area contributed by atoms with Gasteiger partial charge in [0.25, 0.3) is 0 Å². The number of amides is 1. The molecule has 128 valence electrons. The predicted octanol–water partition coefficient (Wildman–Crippen LogP) is 2.06.